The summed E-state index contributed by atoms with van der Waals surface area (Å²) in [4.78, 5) is 24.8. The summed E-state index contributed by atoms with van der Waals surface area (Å²) < 4.78 is 10.6. The van der Waals surface area contributed by atoms with Gasteiger partial charge in [0.2, 0.25) is 11.7 Å². The van der Waals surface area contributed by atoms with Gasteiger partial charge in [0, 0.05) is 37.9 Å². The van der Waals surface area contributed by atoms with Crippen molar-refractivity contribution in [2.45, 2.75) is 6.54 Å². The number of carbonyl (C=O) groups excluding carboxylic acids is 1. The largest absolute Gasteiger partial charge is 0.497 e. The molecule has 4 rings (SSSR count). The Bertz CT molecular complexity index is 980. The van der Waals surface area contributed by atoms with E-state index in [0.717, 1.165) is 37.5 Å². The summed E-state index contributed by atoms with van der Waals surface area (Å²) in [6.45, 7) is 3.61. The number of nitrogens with two attached hydrogens (primary N) is 1. The second kappa shape index (κ2) is 8.27. The Labute approximate surface area is 168 Å². The molecule has 9 heteroatoms. The summed E-state index contributed by atoms with van der Waals surface area (Å²) in [6, 6.07) is 10.9. The van der Waals surface area contributed by atoms with Gasteiger partial charge in [0.25, 0.3) is 5.91 Å². The summed E-state index contributed by atoms with van der Waals surface area (Å²) in [5.41, 5.74) is 6.79. The van der Waals surface area contributed by atoms with Gasteiger partial charge in [-0.05, 0) is 36.4 Å². The fourth-order valence-corrected chi connectivity index (χ4v) is 3.33. The van der Waals surface area contributed by atoms with E-state index in [4.69, 9.17) is 15.0 Å². The number of rotatable bonds is 6. The molecule has 9 nitrogen and oxygen atoms in total. The molecular weight excluding hydrogens is 372 g/mol. The Morgan fingerprint density at radius 1 is 1.17 bits per heavy atom. The smallest absolute Gasteiger partial charge is 0.252 e. The third-order valence-electron chi connectivity index (χ3n) is 4.90. The molecule has 2 N–H and O–H groups in total. The van der Waals surface area contributed by atoms with Crippen molar-refractivity contribution in [3.8, 4) is 17.1 Å². The maximum absolute atomic E-state index is 11.6. The predicted molar refractivity (Wildman–Crippen MR) is 107 cm³/mol. The molecule has 150 valence electrons. The van der Waals surface area contributed by atoms with E-state index >= 15 is 0 Å². The number of anilines is 1. The van der Waals surface area contributed by atoms with Gasteiger partial charge in [0.15, 0.2) is 0 Å². The molecule has 3 aromatic rings. The van der Waals surface area contributed by atoms with Crippen LogP contribution in [0.5, 0.6) is 5.75 Å². The van der Waals surface area contributed by atoms with Gasteiger partial charge < -0.3 is 19.9 Å². The van der Waals surface area contributed by atoms with E-state index in [0.29, 0.717) is 29.6 Å². The highest BCUT2D eigenvalue weighted by molar-refractivity contribution is 5.97. The molecule has 0 saturated carbocycles. The van der Waals surface area contributed by atoms with Crippen molar-refractivity contribution in [2.24, 2.45) is 5.73 Å². The molecule has 0 unspecified atom stereocenters. The first kappa shape index (κ1) is 18.9. The average Bonchev–Trinajstić information content (AvgIpc) is 3.23. The fraction of sp³-hybridized carbons (Fsp3) is 0.300. The second-order valence-electron chi connectivity index (χ2n) is 6.74. The summed E-state index contributed by atoms with van der Waals surface area (Å²) in [6.07, 6.45) is 1.67. The number of aromatic nitrogens is 3. The summed E-state index contributed by atoms with van der Waals surface area (Å²) in [5, 5.41) is 4.08. The first-order valence-corrected chi connectivity index (χ1v) is 9.33. The van der Waals surface area contributed by atoms with E-state index in [2.05, 4.69) is 24.9 Å². The van der Waals surface area contributed by atoms with Crippen molar-refractivity contribution < 1.29 is 14.1 Å². The van der Waals surface area contributed by atoms with Crippen LogP contribution in [0.25, 0.3) is 11.4 Å². The van der Waals surface area contributed by atoms with Crippen LogP contribution in [0.3, 0.4) is 0 Å². The van der Waals surface area contributed by atoms with Gasteiger partial charge in [-0.3, -0.25) is 9.69 Å². The lowest BCUT2D eigenvalue weighted by Gasteiger charge is -2.35. The van der Waals surface area contributed by atoms with E-state index in [1.165, 1.54) is 0 Å². The van der Waals surface area contributed by atoms with E-state index in [-0.39, 0.29) is 0 Å². The van der Waals surface area contributed by atoms with Crippen molar-refractivity contribution in [2.75, 3.05) is 38.2 Å². The van der Waals surface area contributed by atoms with Gasteiger partial charge in [-0.25, -0.2) is 4.98 Å². The second-order valence-corrected chi connectivity index (χ2v) is 6.74. The molecule has 0 atom stereocenters. The van der Waals surface area contributed by atoms with Crippen LogP contribution in [-0.4, -0.2) is 59.2 Å². The maximum Gasteiger partial charge on any atom is 0.252 e. The van der Waals surface area contributed by atoms with Crippen molar-refractivity contribution in [1.29, 1.82) is 0 Å². The first-order valence-electron chi connectivity index (χ1n) is 9.33. The third-order valence-corrected chi connectivity index (χ3v) is 4.90. The molecule has 1 saturated heterocycles. The highest BCUT2D eigenvalue weighted by atomic mass is 16.5. The van der Waals surface area contributed by atoms with Gasteiger partial charge in [-0.2, -0.15) is 4.98 Å². The standard InChI is InChI=1S/C20H22N6O3/c1-28-15-6-4-14(5-7-15)19-23-17(29-24-19)13-25-9-11-26(12-10-25)20-16(18(21)27)3-2-8-22-20/h2-8H,9-13H2,1H3,(H2,21,27). The molecule has 0 spiro atoms. The molecule has 1 amide bonds. The molecule has 3 heterocycles. The zero-order valence-electron chi connectivity index (χ0n) is 16.1. The minimum absolute atomic E-state index is 0.446. The average molecular weight is 394 g/mol. The molecule has 1 aromatic carbocycles. The van der Waals surface area contributed by atoms with Crippen molar-refractivity contribution in [1.82, 2.24) is 20.0 Å². The number of methoxy groups -OCH3 is 1. The number of hydrogen-bond donors (Lipinski definition) is 1. The number of pyridine rings is 1. The zero-order chi connectivity index (χ0) is 20.2. The predicted octanol–water partition coefficient (Wildman–Crippen LogP) is 1.56. The van der Waals surface area contributed by atoms with E-state index in [1.54, 1.807) is 25.4 Å². The van der Waals surface area contributed by atoms with Crippen LogP contribution in [0, 0.1) is 0 Å². The van der Waals surface area contributed by atoms with Gasteiger partial charge in [-0.15, -0.1) is 0 Å². The minimum Gasteiger partial charge on any atom is -0.497 e. The van der Waals surface area contributed by atoms with Gasteiger partial charge in [0.1, 0.15) is 11.6 Å². The lowest BCUT2D eigenvalue weighted by Crippen LogP contribution is -2.46. The third kappa shape index (κ3) is 4.19. The molecule has 0 bridgehead atoms. The van der Waals surface area contributed by atoms with Crippen LogP contribution < -0.4 is 15.4 Å². The monoisotopic (exact) mass is 394 g/mol. The number of primary amides is 1. The van der Waals surface area contributed by atoms with E-state index < -0.39 is 5.91 Å². The van der Waals surface area contributed by atoms with Crippen molar-refractivity contribution in [3.63, 3.8) is 0 Å². The molecule has 1 fully saturated rings. The van der Waals surface area contributed by atoms with E-state index in [9.17, 15) is 4.79 Å². The molecule has 0 radical (unpaired) electrons. The molecule has 0 aliphatic carbocycles. The lowest BCUT2D eigenvalue weighted by atomic mass is 10.2. The summed E-state index contributed by atoms with van der Waals surface area (Å²) >= 11 is 0. The minimum atomic E-state index is -0.465. The number of hydrogen-bond acceptors (Lipinski definition) is 8. The van der Waals surface area contributed by atoms with Crippen molar-refractivity contribution >= 4 is 11.7 Å². The molecule has 1 aliphatic rings. The number of amides is 1. The fourth-order valence-electron chi connectivity index (χ4n) is 3.33. The maximum atomic E-state index is 11.6. The van der Waals surface area contributed by atoms with Crippen LogP contribution in [0.15, 0.2) is 47.1 Å². The molecule has 29 heavy (non-hydrogen) atoms. The lowest BCUT2D eigenvalue weighted by molar-refractivity contribution is 0.1000. The number of nitrogens with zero attached hydrogens (tertiary/aromatic N) is 5. The number of piperazine rings is 1. The highest BCUT2D eigenvalue weighted by Crippen LogP contribution is 2.21. The first-order chi connectivity index (χ1) is 14.1. The van der Waals surface area contributed by atoms with Crippen LogP contribution in [0.4, 0.5) is 5.82 Å². The molecule has 2 aromatic heterocycles. The van der Waals surface area contributed by atoms with Gasteiger partial charge in [-0.1, -0.05) is 5.16 Å². The van der Waals surface area contributed by atoms with Crippen LogP contribution >= 0.6 is 0 Å². The summed E-state index contributed by atoms with van der Waals surface area (Å²) in [7, 11) is 1.63. The van der Waals surface area contributed by atoms with Crippen molar-refractivity contribution in [3.05, 3.63) is 54.0 Å². The zero-order valence-corrected chi connectivity index (χ0v) is 16.1. The normalized spacial score (nSPS) is 14.7. The van der Waals surface area contributed by atoms with Gasteiger partial charge in [0.05, 0.1) is 19.2 Å². The highest BCUT2D eigenvalue weighted by Gasteiger charge is 2.23. The topological polar surface area (TPSA) is 111 Å². The Morgan fingerprint density at radius 3 is 2.62 bits per heavy atom. The molecular formula is C20H22N6O3. The Balaban J connectivity index is 1.37. The van der Waals surface area contributed by atoms with Crippen LogP contribution in [0.2, 0.25) is 0 Å². The SMILES string of the molecule is COc1ccc(-c2noc(CN3CCN(c4ncccc4C(N)=O)CC3)n2)cc1. The Kier molecular flexibility index (Phi) is 5.39. The number of benzene rings is 1. The van der Waals surface area contributed by atoms with E-state index in [1.807, 2.05) is 24.3 Å². The van der Waals surface area contributed by atoms with Crippen LogP contribution in [-0.2, 0) is 6.54 Å². The van der Waals surface area contributed by atoms with Crippen LogP contribution in [0.1, 0.15) is 16.2 Å². The van der Waals surface area contributed by atoms with Gasteiger partial charge >= 0.3 is 0 Å². The molecule has 1 aliphatic heterocycles. The number of carbonyl (C=O) groups is 1. The summed E-state index contributed by atoms with van der Waals surface area (Å²) in [5.74, 6) is 2.08. The Hall–Kier alpha value is -3.46. The Morgan fingerprint density at radius 2 is 1.93 bits per heavy atom. The number of ether oxygens (including phenoxy) is 1. The quantitative estimate of drug-likeness (QED) is 0.671.